The lowest BCUT2D eigenvalue weighted by atomic mass is 10.1. The third-order valence-electron chi connectivity index (χ3n) is 4.91. The first kappa shape index (κ1) is 19.3. The Bertz CT molecular complexity index is 1250. The third kappa shape index (κ3) is 4.05. The maximum atomic E-state index is 12.5. The van der Waals surface area contributed by atoms with E-state index in [-0.39, 0.29) is 17.2 Å². The number of anilines is 1. The Morgan fingerprint density at radius 2 is 1.80 bits per heavy atom. The molecule has 30 heavy (non-hydrogen) atoms. The molecule has 150 valence electrons. The molecule has 0 bridgehead atoms. The number of carboxylic acid groups (broad SMARTS) is 1. The van der Waals surface area contributed by atoms with E-state index in [1.165, 1.54) is 6.07 Å². The highest BCUT2D eigenvalue weighted by Gasteiger charge is 2.11. The first-order valence-electron chi connectivity index (χ1n) is 9.51. The van der Waals surface area contributed by atoms with Crippen molar-refractivity contribution in [2.24, 2.45) is 0 Å². The highest BCUT2D eigenvalue weighted by Crippen LogP contribution is 2.19. The molecule has 0 saturated carbocycles. The molecule has 4 rings (SSSR count). The van der Waals surface area contributed by atoms with Crippen LogP contribution >= 0.6 is 0 Å². The molecule has 1 unspecified atom stereocenters. The predicted octanol–water partition coefficient (Wildman–Crippen LogP) is 3.71. The quantitative estimate of drug-likeness (QED) is 0.512. The standard InChI is InChI=1S/C23H20N4O3/c1-15(17-7-9-18(10-8-17)22(29)30)25-23-24-13-19-11-12-20(28)27(21(19)26-23)14-16-5-3-2-4-6-16/h2-13,15H,14H2,1H3,(H,29,30)(H,24,25,26). The zero-order chi connectivity index (χ0) is 21.1. The van der Waals surface area contributed by atoms with Crippen LogP contribution in [-0.2, 0) is 6.54 Å². The van der Waals surface area contributed by atoms with Crippen molar-refractivity contribution in [2.75, 3.05) is 5.32 Å². The summed E-state index contributed by atoms with van der Waals surface area (Å²) >= 11 is 0. The Morgan fingerprint density at radius 3 is 2.50 bits per heavy atom. The summed E-state index contributed by atoms with van der Waals surface area (Å²) in [7, 11) is 0. The zero-order valence-electron chi connectivity index (χ0n) is 16.3. The second-order valence-corrected chi connectivity index (χ2v) is 7.01. The number of hydrogen-bond acceptors (Lipinski definition) is 5. The molecule has 0 aliphatic heterocycles. The lowest BCUT2D eigenvalue weighted by Crippen LogP contribution is -2.21. The molecule has 0 aliphatic rings. The van der Waals surface area contributed by atoms with E-state index in [4.69, 9.17) is 5.11 Å². The van der Waals surface area contributed by atoms with Gasteiger partial charge in [-0.2, -0.15) is 4.98 Å². The molecule has 7 heteroatoms. The number of hydrogen-bond donors (Lipinski definition) is 2. The molecule has 7 nitrogen and oxygen atoms in total. The first-order valence-corrected chi connectivity index (χ1v) is 9.51. The number of aromatic carboxylic acids is 1. The van der Waals surface area contributed by atoms with Gasteiger partial charge in [0.25, 0.3) is 5.56 Å². The Hall–Kier alpha value is -4.00. The fourth-order valence-corrected chi connectivity index (χ4v) is 3.25. The van der Waals surface area contributed by atoms with Gasteiger partial charge >= 0.3 is 5.97 Å². The largest absolute Gasteiger partial charge is 0.478 e. The van der Waals surface area contributed by atoms with Crippen molar-refractivity contribution in [3.05, 3.63) is 100.0 Å². The smallest absolute Gasteiger partial charge is 0.335 e. The van der Waals surface area contributed by atoms with Gasteiger partial charge in [-0.25, -0.2) is 9.78 Å². The molecule has 0 aliphatic carbocycles. The summed E-state index contributed by atoms with van der Waals surface area (Å²) in [5.74, 6) is -0.568. The van der Waals surface area contributed by atoms with Gasteiger partial charge in [0.15, 0.2) is 0 Å². The zero-order valence-corrected chi connectivity index (χ0v) is 16.3. The van der Waals surface area contributed by atoms with Crippen molar-refractivity contribution in [3.8, 4) is 0 Å². The van der Waals surface area contributed by atoms with Crippen molar-refractivity contribution < 1.29 is 9.90 Å². The molecule has 2 aromatic carbocycles. The van der Waals surface area contributed by atoms with Crippen molar-refractivity contribution in [3.63, 3.8) is 0 Å². The highest BCUT2D eigenvalue weighted by molar-refractivity contribution is 5.87. The van der Waals surface area contributed by atoms with E-state index in [1.54, 1.807) is 41.1 Å². The molecule has 4 aromatic rings. The van der Waals surface area contributed by atoms with E-state index < -0.39 is 5.97 Å². The maximum absolute atomic E-state index is 12.5. The molecule has 0 amide bonds. The van der Waals surface area contributed by atoms with Gasteiger partial charge < -0.3 is 10.4 Å². The van der Waals surface area contributed by atoms with E-state index in [0.717, 1.165) is 16.5 Å². The minimum Gasteiger partial charge on any atom is -0.478 e. The van der Waals surface area contributed by atoms with Gasteiger partial charge in [0.05, 0.1) is 18.2 Å². The number of nitrogens with zero attached hydrogens (tertiary/aromatic N) is 3. The van der Waals surface area contributed by atoms with E-state index in [2.05, 4.69) is 15.3 Å². The molecule has 0 fully saturated rings. The second kappa shape index (κ2) is 8.16. The Labute approximate surface area is 172 Å². The first-order chi connectivity index (χ1) is 14.5. The predicted molar refractivity (Wildman–Crippen MR) is 115 cm³/mol. The van der Waals surface area contributed by atoms with Crippen LogP contribution in [0.3, 0.4) is 0 Å². The van der Waals surface area contributed by atoms with E-state index in [9.17, 15) is 9.59 Å². The SMILES string of the molecule is CC(Nc1ncc2ccc(=O)n(Cc3ccccc3)c2n1)c1ccc(C(=O)O)cc1. The fraction of sp³-hybridized carbons (Fsp3) is 0.130. The van der Waals surface area contributed by atoms with Crippen LogP contribution in [0.15, 0.2) is 77.7 Å². The molecule has 0 spiro atoms. The second-order valence-electron chi connectivity index (χ2n) is 7.01. The summed E-state index contributed by atoms with van der Waals surface area (Å²) < 4.78 is 1.63. The lowest BCUT2D eigenvalue weighted by molar-refractivity contribution is 0.0697. The molecule has 1 atom stereocenters. The number of fused-ring (bicyclic) bond motifs is 1. The van der Waals surface area contributed by atoms with Crippen LogP contribution < -0.4 is 10.9 Å². The number of aromatic nitrogens is 3. The van der Waals surface area contributed by atoms with Crippen LogP contribution in [0.4, 0.5) is 5.95 Å². The summed E-state index contributed by atoms with van der Waals surface area (Å²) in [5, 5.41) is 13.0. The Morgan fingerprint density at radius 1 is 1.07 bits per heavy atom. The van der Waals surface area contributed by atoms with Crippen LogP contribution in [-0.4, -0.2) is 25.6 Å². The monoisotopic (exact) mass is 400 g/mol. The van der Waals surface area contributed by atoms with Crippen molar-refractivity contribution in [1.29, 1.82) is 0 Å². The molecule has 2 aromatic heterocycles. The van der Waals surface area contributed by atoms with Crippen LogP contribution in [0, 0.1) is 0 Å². The number of nitrogens with one attached hydrogen (secondary N) is 1. The maximum Gasteiger partial charge on any atom is 0.335 e. The molecular weight excluding hydrogens is 380 g/mol. The number of benzene rings is 2. The topological polar surface area (TPSA) is 97.1 Å². The lowest BCUT2D eigenvalue weighted by Gasteiger charge is -2.16. The van der Waals surface area contributed by atoms with E-state index >= 15 is 0 Å². The van der Waals surface area contributed by atoms with Crippen LogP contribution in [0.5, 0.6) is 0 Å². The summed E-state index contributed by atoms with van der Waals surface area (Å²) in [6.07, 6.45) is 1.69. The van der Waals surface area contributed by atoms with Gasteiger partial charge in [0, 0.05) is 17.6 Å². The van der Waals surface area contributed by atoms with Gasteiger partial charge in [-0.05, 0) is 36.2 Å². The normalized spacial score (nSPS) is 11.9. The van der Waals surface area contributed by atoms with Crippen LogP contribution in [0.1, 0.15) is 34.5 Å². The van der Waals surface area contributed by atoms with Gasteiger partial charge in [-0.15, -0.1) is 0 Å². The molecular formula is C23H20N4O3. The number of carbonyl (C=O) groups is 1. The fourth-order valence-electron chi connectivity index (χ4n) is 3.25. The molecule has 2 heterocycles. The number of pyridine rings is 1. The van der Waals surface area contributed by atoms with Crippen molar-refractivity contribution in [2.45, 2.75) is 19.5 Å². The molecule has 2 N–H and O–H groups in total. The minimum absolute atomic E-state index is 0.131. The molecule has 0 radical (unpaired) electrons. The van der Waals surface area contributed by atoms with Crippen LogP contribution in [0.2, 0.25) is 0 Å². The number of carboxylic acids is 1. The highest BCUT2D eigenvalue weighted by atomic mass is 16.4. The minimum atomic E-state index is -0.962. The van der Waals surface area contributed by atoms with Gasteiger partial charge in [0.1, 0.15) is 5.65 Å². The summed E-state index contributed by atoms with van der Waals surface area (Å²) in [6.45, 7) is 2.35. The van der Waals surface area contributed by atoms with Crippen molar-refractivity contribution in [1.82, 2.24) is 14.5 Å². The van der Waals surface area contributed by atoms with Crippen molar-refractivity contribution >= 4 is 23.0 Å². The van der Waals surface area contributed by atoms with Gasteiger partial charge in [0.2, 0.25) is 5.95 Å². The van der Waals surface area contributed by atoms with E-state index in [0.29, 0.717) is 18.1 Å². The summed E-state index contributed by atoms with van der Waals surface area (Å²) in [4.78, 5) is 32.5. The average molecular weight is 400 g/mol. The Balaban J connectivity index is 1.64. The average Bonchev–Trinajstić information content (AvgIpc) is 2.76. The summed E-state index contributed by atoms with van der Waals surface area (Å²) in [5.41, 5.74) is 2.56. The van der Waals surface area contributed by atoms with Gasteiger partial charge in [-0.3, -0.25) is 9.36 Å². The number of rotatable bonds is 6. The van der Waals surface area contributed by atoms with Gasteiger partial charge in [-0.1, -0.05) is 42.5 Å². The van der Waals surface area contributed by atoms with E-state index in [1.807, 2.05) is 37.3 Å². The molecule has 0 saturated heterocycles. The van der Waals surface area contributed by atoms with Crippen LogP contribution in [0.25, 0.3) is 11.0 Å². The third-order valence-corrected chi connectivity index (χ3v) is 4.91. The Kier molecular flexibility index (Phi) is 5.26. The summed E-state index contributed by atoms with van der Waals surface area (Å²) in [6, 6.07) is 19.5.